The van der Waals surface area contributed by atoms with E-state index in [9.17, 15) is 9.59 Å². The molecule has 0 unspecified atom stereocenters. The fourth-order valence-corrected chi connectivity index (χ4v) is 0.164. The molecule has 0 amide bonds. The van der Waals surface area contributed by atoms with E-state index in [1.165, 1.54) is 13.2 Å². The summed E-state index contributed by atoms with van der Waals surface area (Å²) in [5.74, 6) is -1.84. The van der Waals surface area contributed by atoms with Gasteiger partial charge in [-0.3, -0.25) is 4.89 Å². The second-order valence-corrected chi connectivity index (χ2v) is 1.67. The molecule has 0 aliphatic carbocycles. The molecule has 0 bridgehead atoms. The van der Waals surface area contributed by atoms with Crippen LogP contribution in [0.3, 0.4) is 0 Å². The SMILES string of the molecule is C=C(C#N)C(=O)O.C=CC(=O)OOC. The van der Waals surface area contributed by atoms with E-state index < -0.39 is 17.5 Å². The molecule has 14 heavy (non-hydrogen) atoms. The molecule has 1 N–H and O–H groups in total. The first-order valence-electron chi connectivity index (χ1n) is 3.18. The van der Waals surface area contributed by atoms with Gasteiger partial charge in [-0.2, -0.15) is 10.1 Å². The molecule has 0 heterocycles. The van der Waals surface area contributed by atoms with Gasteiger partial charge in [-0.05, 0) is 0 Å². The number of carbonyl (C=O) groups is 2. The second-order valence-electron chi connectivity index (χ2n) is 1.67. The van der Waals surface area contributed by atoms with Crippen molar-refractivity contribution in [2.24, 2.45) is 0 Å². The third-order valence-corrected chi connectivity index (χ3v) is 0.725. The van der Waals surface area contributed by atoms with Crippen LogP contribution >= 0.6 is 0 Å². The van der Waals surface area contributed by atoms with E-state index in [2.05, 4.69) is 22.9 Å². The zero-order chi connectivity index (χ0) is 11.6. The largest absolute Gasteiger partial charge is 0.477 e. The number of nitrogens with zero attached hydrogens (tertiary/aromatic N) is 1. The Hall–Kier alpha value is -2.13. The molecule has 6 heteroatoms. The van der Waals surface area contributed by atoms with E-state index in [0.29, 0.717) is 0 Å². The minimum absolute atomic E-state index is 0.431. The zero-order valence-corrected chi connectivity index (χ0v) is 7.52. The Morgan fingerprint density at radius 2 is 2.07 bits per heavy atom. The van der Waals surface area contributed by atoms with Gasteiger partial charge in [-0.15, -0.1) is 0 Å². The monoisotopic (exact) mass is 199 g/mol. The molecule has 0 aliphatic heterocycles. The summed E-state index contributed by atoms with van der Waals surface area (Å²) in [6.07, 6.45) is 1.02. The van der Waals surface area contributed by atoms with E-state index >= 15 is 0 Å². The normalized spacial score (nSPS) is 7.14. The molecule has 0 spiro atoms. The maximum atomic E-state index is 9.95. The summed E-state index contributed by atoms with van der Waals surface area (Å²) in [5, 5.41) is 15.6. The molecule has 0 aromatic carbocycles. The van der Waals surface area contributed by atoms with Crippen LogP contribution in [-0.4, -0.2) is 24.2 Å². The van der Waals surface area contributed by atoms with Crippen LogP contribution in [0.2, 0.25) is 0 Å². The lowest BCUT2D eigenvalue weighted by Crippen LogP contribution is -1.96. The van der Waals surface area contributed by atoms with Gasteiger partial charge in [0.1, 0.15) is 11.6 Å². The maximum Gasteiger partial charge on any atom is 0.365 e. The van der Waals surface area contributed by atoms with Gasteiger partial charge >= 0.3 is 11.9 Å². The Bertz CT molecular complexity index is 276. The van der Waals surface area contributed by atoms with Gasteiger partial charge in [0.05, 0.1) is 7.11 Å². The predicted molar refractivity (Wildman–Crippen MR) is 45.7 cm³/mol. The van der Waals surface area contributed by atoms with Crippen LogP contribution in [0.25, 0.3) is 0 Å². The van der Waals surface area contributed by atoms with E-state index in [1.807, 2.05) is 0 Å². The quantitative estimate of drug-likeness (QED) is 0.306. The molecular formula is C8H9NO5. The van der Waals surface area contributed by atoms with Gasteiger partial charge < -0.3 is 5.11 Å². The molecule has 0 radical (unpaired) electrons. The summed E-state index contributed by atoms with van der Waals surface area (Å²) in [7, 11) is 1.25. The van der Waals surface area contributed by atoms with Gasteiger partial charge in [0.25, 0.3) is 0 Å². The number of hydrogen-bond donors (Lipinski definition) is 1. The van der Waals surface area contributed by atoms with Crippen LogP contribution in [0.15, 0.2) is 24.8 Å². The minimum Gasteiger partial charge on any atom is -0.477 e. The van der Waals surface area contributed by atoms with Crippen LogP contribution in [0.1, 0.15) is 0 Å². The topological polar surface area (TPSA) is 96.6 Å². The minimum atomic E-state index is -1.26. The van der Waals surface area contributed by atoms with E-state index in [-0.39, 0.29) is 0 Å². The highest BCUT2D eigenvalue weighted by Gasteiger charge is 1.97. The average molecular weight is 199 g/mol. The zero-order valence-electron chi connectivity index (χ0n) is 7.52. The predicted octanol–water partition coefficient (Wildman–Crippen LogP) is 0.428. The summed E-state index contributed by atoms with van der Waals surface area (Å²) < 4.78 is 0. The Morgan fingerprint density at radius 1 is 1.57 bits per heavy atom. The highest BCUT2D eigenvalue weighted by Crippen LogP contribution is 1.81. The molecular weight excluding hydrogens is 190 g/mol. The van der Waals surface area contributed by atoms with E-state index in [4.69, 9.17) is 10.4 Å². The molecule has 0 saturated heterocycles. The van der Waals surface area contributed by atoms with Crippen molar-refractivity contribution in [3.63, 3.8) is 0 Å². The van der Waals surface area contributed by atoms with Gasteiger partial charge in [-0.25, -0.2) is 9.59 Å². The summed E-state index contributed by atoms with van der Waals surface area (Å²) in [6, 6.07) is 1.37. The van der Waals surface area contributed by atoms with Crippen molar-refractivity contribution in [2.75, 3.05) is 7.11 Å². The molecule has 76 valence electrons. The molecule has 0 atom stereocenters. The van der Waals surface area contributed by atoms with Gasteiger partial charge in [0.2, 0.25) is 0 Å². The van der Waals surface area contributed by atoms with Crippen molar-refractivity contribution in [3.05, 3.63) is 24.8 Å². The van der Waals surface area contributed by atoms with Gasteiger partial charge in [-0.1, -0.05) is 13.2 Å². The van der Waals surface area contributed by atoms with Crippen molar-refractivity contribution in [1.82, 2.24) is 0 Å². The molecule has 0 aromatic rings. The Morgan fingerprint density at radius 3 is 2.14 bits per heavy atom. The number of carbonyl (C=O) groups excluding carboxylic acids is 1. The Kier molecular flexibility index (Phi) is 9.22. The van der Waals surface area contributed by atoms with Crippen LogP contribution < -0.4 is 0 Å². The first-order valence-corrected chi connectivity index (χ1v) is 3.18. The summed E-state index contributed by atoms with van der Waals surface area (Å²) >= 11 is 0. The average Bonchev–Trinajstić information content (AvgIpc) is 2.17. The molecule has 6 nitrogen and oxygen atoms in total. The summed E-state index contributed by atoms with van der Waals surface area (Å²) in [6.45, 7) is 6.04. The van der Waals surface area contributed by atoms with Crippen LogP contribution in [-0.2, 0) is 19.4 Å². The van der Waals surface area contributed by atoms with Crippen LogP contribution in [0.4, 0.5) is 0 Å². The van der Waals surface area contributed by atoms with Crippen LogP contribution in [0.5, 0.6) is 0 Å². The number of carboxylic acid groups (broad SMARTS) is 1. The van der Waals surface area contributed by atoms with E-state index in [1.54, 1.807) is 0 Å². The third-order valence-electron chi connectivity index (χ3n) is 0.725. The van der Waals surface area contributed by atoms with Gasteiger partial charge in [0.15, 0.2) is 0 Å². The molecule has 0 aliphatic rings. The van der Waals surface area contributed by atoms with Crippen molar-refractivity contribution in [1.29, 1.82) is 5.26 Å². The lowest BCUT2D eigenvalue weighted by atomic mass is 10.4. The molecule has 0 fully saturated rings. The van der Waals surface area contributed by atoms with Crippen LogP contribution in [0, 0.1) is 11.3 Å². The summed E-state index contributed by atoms with van der Waals surface area (Å²) in [4.78, 5) is 27.5. The molecule has 0 saturated carbocycles. The number of nitriles is 1. The fraction of sp³-hybridized carbons (Fsp3) is 0.125. The van der Waals surface area contributed by atoms with E-state index in [0.717, 1.165) is 6.08 Å². The van der Waals surface area contributed by atoms with Crippen molar-refractivity contribution >= 4 is 11.9 Å². The highest BCUT2D eigenvalue weighted by molar-refractivity contribution is 5.90. The number of carboxylic acids is 1. The van der Waals surface area contributed by atoms with Crippen molar-refractivity contribution in [2.45, 2.75) is 0 Å². The summed E-state index contributed by atoms with van der Waals surface area (Å²) in [5.41, 5.74) is -0.431. The number of rotatable bonds is 3. The Labute approximate surface area is 80.6 Å². The lowest BCUT2D eigenvalue weighted by Gasteiger charge is -1.88. The first kappa shape index (κ1) is 14.4. The highest BCUT2D eigenvalue weighted by atomic mass is 17.2. The van der Waals surface area contributed by atoms with Crippen molar-refractivity contribution < 1.29 is 24.5 Å². The third kappa shape index (κ3) is 9.87. The maximum absolute atomic E-state index is 9.95. The lowest BCUT2D eigenvalue weighted by molar-refractivity contribution is -0.249. The first-order chi connectivity index (χ1) is 6.49. The molecule has 0 aromatic heterocycles. The second kappa shape index (κ2) is 8.96. The number of hydrogen-bond acceptors (Lipinski definition) is 5. The Balaban J connectivity index is 0. The molecule has 0 rings (SSSR count). The standard InChI is InChI=1S/C4H3NO2.C4H6O3/c1-3(2-5)4(6)7;1-3-4(5)7-6-2/h1H2,(H,6,7);3H,1H2,2H3. The van der Waals surface area contributed by atoms with Crippen molar-refractivity contribution in [3.8, 4) is 6.07 Å². The smallest absolute Gasteiger partial charge is 0.365 e. The van der Waals surface area contributed by atoms with Gasteiger partial charge in [0, 0.05) is 6.08 Å². The number of aliphatic carboxylic acids is 1. The fourth-order valence-electron chi connectivity index (χ4n) is 0.164.